The largest absolute Gasteiger partial charge is 0.257 e. The molecule has 0 spiro atoms. The summed E-state index contributed by atoms with van der Waals surface area (Å²) in [7, 11) is 0. The molecule has 67 valence electrons. The molecule has 0 aliphatic rings. The van der Waals surface area contributed by atoms with Crippen LogP contribution < -0.4 is 0 Å². The van der Waals surface area contributed by atoms with Crippen molar-refractivity contribution in [2.75, 3.05) is 0 Å². The summed E-state index contributed by atoms with van der Waals surface area (Å²) in [5.41, 5.74) is 2.11. The summed E-state index contributed by atoms with van der Waals surface area (Å²) < 4.78 is 0. The number of aromatic nitrogens is 1. The Balaban J connectivity index is 2.16. The van der Waals surface area contributed by atoms with Crippen LogP contribution in [0.4, 0.5) is 0 Å². The van der Waals surface area contributed by atoms with Crippen LogP contribution in [0.15, 0.2) is 48.7 Å². The van der Waals surface area contributed by atoms with E-state index in [4.69, 9.17) is 0 Å². The molecule has 0 unspecified atom stereocenters. The van der Waals surface area contributed by atoms with Gasteiger partial charge in [0, 0.05) is 6.20 Å². The van der Waals surface area contributed by atoms with Crippen LogP contribution in [0.3, 0.4) is 0 Å². The van der Waals surface area contributed by atoms with Crippen LogP contribution in [0.5, 0.6) is 0 Å². The fraction of sp³-hybridized carbons (Fsp3) is 0. The van der Waals surface area contributed by atoms with Crippen molar-refractivity contribution in [3.8, 4) is 0 Å². The maximum absolute atomic E-state index is 4.18. The van der Waals surface area contributed by atoms with Gasteiger partial charge in [-0.3, -0.25) is 4.98 Å². The van der Waals surface area contributed by atoms with Crippen LogP contribution in [0.2, 0.25) is 0 Å². The highest BCUT2D eigenvalue weighted by molar-refractivity contribution is 5.67. The van der Waals surface area contributed by atoms with Gasteiger partial charge in [-0.15, -0.1) is 0 Å². The maximum Gasteiger partial charge on any atom is 0.0636 e. The van der Waals surface area contributed by atoms with Crippen LogP contribution in [0.25, 0.3) is 12.2 Å². The summed E-state index contributed by atoms with van der Waals surface area (Å²) in [6.07, 6.45) is 5.76. The predicted octanol–water partition coefficient (Wildman–Crippen LogP) is 3.05. The molecular weight excluding hydrogens is 170 g/mol. The lowest BCUT2D eigenvalue weighted by Gasteiger charge is -1.91. The fourth-order valence-corrected chi connectivity index (χ4v) is 1.17. The van der Waals surface area contributed by atoms with E-state index in [-0.39, 0.29) is 0 Å². The second-order valence-corrected chi connectivity index (χ2v) is 2.92. The molecule has 0 amide bonds. The monoisotopic (exact) mass is 180 g/mol. The Labute approximate surface area is 83.7 Å². The van der Waals surface area contributed by atoms with Gasteiger partial charge in [0.05, 0.1) is 5.69 Å². The van der Waals surface area contributed by atoms with Crippen molar-refractivity contribution in [3.63, 3.8) is 0 Å². The van der Waals surface area contributed by atoms with Gasteiger partial charge in [-0.2, -0.15) is 0 Å². The van der Waals surface area contributed by atoms with Crippen molar-refractivity contribution in [2.45, 2.75) is 0 Å². The summed E-state index contributed by atoms with van der Waals surface area (Å²) in [5.74, 6) is 0. The average molecular weight is 180 g/mol. The fourth-order valence-electron chi connectivity index (χ4n) is 1.17. The number of nitrogens with zero attached hydrogens (tertiary/aromatic N) is 1. The predicted molar refractivity (Wildman–Crippen MR) is 58.4 cm³/mol. The molecule has 1 radical (unpaired) electrons. The molecule has 2 rings (SSSR count). The van der Waals surface area contributed by atoms with Crippen LogP contribution in [0.1, 0.15) is 11.3 Å². The minimum Gasteiger partial charge on any atom is -0.257 e. The Morgan fingerprint density at radius 3 is 2.64 bits per heavy atom. The van der Waals surface area contributed by atoms with Gasteiger partial charge in [0.2, 0.25) is 0 Å². The van der Waals surface area contributed by atoms with Crippen molar-refractivity contribution >= 4 is 12.2 Å². The highest BCUT2D eigenvalue weighted by Crippen LogP contribution is 2.04. The molecule has 0 saturated carbocycles. The molecule has 0 bridgehead atoms. The van der Waals surface area contributed by atoms with Crippen molar-refractivity contribution in [2.24, 2.45) is 0 Å². The van der Waals surface area contributed by atoms with Crippen LogP contribution >= 0.6 is 0 Å². The Kier molecular flexibility index (Phi) is 2.72. The van der Waals surface area contributed by atoms with Gasteiger partial charge in [-0.05, 0) is 29.8 Å². The van der Waals surface area contributed by atoms with Crippen molar-refractivity contribution in [3.05, 3.63) is 66.0 Å². The first-order valence-electron chi connectivity index (χ1n) is 4.50. The second-order valence-electron chi connectivity index (χ2n) is 2.92. The molecule has 0 saturated heterocycles. The Morgan fingerprint density at radius 2 is 1.93 bits per heavy atom. The minimum atomic E-state index is 0.927. The molecule has 2 aromatic rings. The van der Waals surface area contributed by atoms with E-state index in [1.807, 2.05) is 36.4 Å². The van der Waals surface area contributed by atoms with Gasteiger partial charge in [-0.25, -0.2) is 0 Å². The first-order valence-corrected chi connectivity index (χ1v) is 4.50. The molecule has 0 aliphatic heterocycles. The van der Waals surface area contributed by atoms with Gasteiger partial charge in [0.25, 0.3) is 0 Å². The average Bonchev–Trinajstić information content (AvgIpc) is 2.29. The third-order valence-electron chi connectivity index (χ3n) is 1.87. The number of hydrogen-bond acceptors (Lipinski definition) is 1. The minimum absolute atomic E-state index is 0.927. The lowest BCUT2D eigenvalue weighted by atomic mass is 10.2. The zero-order valence-electron chi connectivity index (χ0n) is 7.72. The van der Waals surface area contributed by atoms with E-state index in [1.54, 1.807) is 12.3 Å². The SMILES string of the molecule is [c]1ccnc(C=Cc2ccccc2)c1. The molecule has 0 fully saturated rings. The molecule has 1 aromatic heterocycles. The van der Waals surface area contributed by atoms with Crippen molar-refractivity contribution < 1.29 is 0 Å². The molecule has 1 heteroatoms. The van der Waals surface area contributed by atoms with Crippen molar-refractivity contribution in [1.82, 2.24) is 4.98 Å². The Morgan fingerprint density at radius 1 is 1.07 bits per heavy atom. The highest BCUT2D eigenvalue weighted by Gasteiger charge is 1.85. The molecular formula is C13H10N. The van der Waals surface area contributed by atoms with Gasteiger partial charge < -0.3 is 0 Å². The van der Waals surface area contributed by atoms with E-state index in [1.165, 1.54) is 5.56 Å². The number of benzene rings is 1. The topological polar surface area (TPSA) is 12.9 Å². The van der Waals surface area contributed by atoms with E-state index < -0.39 is 0 Å². The smallest absolute Gasteiger partial charge is 0.0636 e. The van der Waals surface area contributed by atoms with Gasteiger partial charge in [0.1, 0.15) is 0 Å². The number of pyridine rings is 1. The van der Waals surface area contributed by atoms with E-state index in [2.05, 4.69) is 23.2 Å². The standard InChI is InChI=1S/C13H10N/c1-2-6-12(7-3-1)9-10-13-8-4-5-11-14-13/h1-3,5-11H. The highest BCUT2D eigenvalue weighted by atomic mass is 14.6. The quantitative estimate of drug-likeness (QED) is 0.692. The lowest BCUT2D eigenvalue weighted by Crippen LogP contribution is -1.76. The number of hydrogen-bond donors (Lipinski definition) is 0. The van der Waals surface area contributed by atoms with Gasteiger partial charge in [0.15, 0.2) is 0 Å². The lowest BCUT2D eigenvalue weighted by molar-refractivity contribution is 1.29. The van der Waals surface area contributed by atoms with Gasteiger partial charge in [-0.1, -0.05) is 36.4 Å². The molecule has 0 atom stereocenters. The Bertz CT molecular complexity index is 362. The van der Waals surface area contributed by atoms with Crippen LogP contribution in [0, 0.1) is 6.07 Å². The molecule has 1 aromatic carbocycles. The summed E-state index contributed by atoms with van der Waals surface area (Å²) >= 11 is 0. The molecule has 1 nitrogen and oxygen atoms in total. The van der Waals surface area contributed by atoms with E-state index in [9.17, 15) is 0 Å². The zero-order valence-corrected chi connectivity index (χ0v) is 7.72. The first-order chi connectivity index (χ1) is 6.95. The maximum atomic E-state index is 4.18. The second kappa shape index (κ2) is 4.38. The van der Waals surface area contributed by atoms with E-state index >= 15 is 0 Å². The summed E-state index contributed by atoms with van der Waals surface area (Å²) in [5, 5.41) is 0. The van der Waals surface area contributed by atoms with E-state index in [0.29, 0.717) is 0 Å². The third kappa shape index (κ3) is 2.30. The molecule has 0 aliphatic carbocycles. The van der Waals surface area contributed by atoms with Crippen molar-refractivity contribution in [1.29, 1.82) is 0 Å². The molecule has 14 heavy (non-hydrogen) atoms. The number of rotatable bonds is 2. The third-order valence-corrected chi connectivity index (χ3v) is 1.87. The van der Waals surface area contributed by atoms with Gasteiger partial charge >= 0.3 is 0 Å². The van der Waals surface area contributed by atoms with Crippen LogP contribution in [-0.4, -0.2) is 4.98 Å². The summed E-state index contributed by atoms with van der Waals surface area (Å²) in [6, 6.07) is 16.8. The zero-order chi connectivity index (χ0) is 9.64. The van der Waals surface area contributed by atoms with E-state index in [0.717, 1.165) is 5.69 Å². The Hall–Kier alpha value is -1.89. The first kappa shape index (κ1) is 8.70. The summed E-state index contributed by atoms with van der Waals surface area (Å²) in [4.78, 5) is 4.18. The molecule has 0 N–H and O–H groups in total. The molecule has 1 heterocycles. The normalized spacial score (nSPS) is 10.6. The summed E-state index contributed by atoms with van der Waals surface area (Å²) in [6.45, 7) is 0. The van der Waals surface area contributed by atoms with Crippen LogP contribution in [-0.2, 0) is 0 Å².